The Hall–Kier alpha value is -1.94. The molecular weight excluding hydrogens is 429 g/mol. The summed E-state index contributed by atoms with van der Waals surface area (Å²) in [6.45, 7) is 7.65. The highest BCUT2D eigenvalue weighted by Crippen LogP contribution is 2.53. The highest BCUT2D eigenvalue weighted by atomic mass is 32.1. The second-order valence-electron chi connectivity index (χ2n) is 9.42. The number of aromatic nitrogens is 2. The third-order valence-electron chi connectivity index (χ3n) is 6.01. The van der Waals surface area contributed by atoms with Gasteiger partial charge in [-0.1, -0.05) is 0 Å². The summed E-state index contributed by atoms with van der Waals surface area (Å²) in [7, 11) is 0. The summed E-state index contributed by atoms with van der Waals surface area (Å²) < 4.78 is 44.6. The summed E-state index contributed by atoms with van der Waals surface area (Å²) in [6, 6.07) is 1.19. The van der Waals surface area contributed by atoms with Gasteiger partial charge in [0.15, 0.2) is 0 Å². The lowest BCUT2D eigenvalue weighted by atomic mass is 9.71. The fourth-order valence-corrected chi connectivity index (χ4v) is 5.80. The summed E-state index contributed by atoms with van der Waals surface area (Å²) in [4.78, 5) is 24.3. The number of thiophene rings is 1. The standard InChI is InChI=1S/C21H27F3N4O2S/c1-19(2,3)30-18(29)28-9-6-20(4-7-25-8-5-20)16(28)15-14-10-13(11-21(22,23)24)31-17(14)27-12-26-15/h10,12,16,25H,4-9,11H2,1-3H3. The number of likely N-dealkylation sites (tertiary alicyclic amines) is 1. The molecule has 1 amide bonds. The van der Waals surface area contributed by atoms with Crippen LogP contribution in [0.2, 0.25) is 0 Å². The van der Waals surface area contributed by atoms with Crippen LogP contribution >= 0.6 is 11.3 Å². The topological polar surface area (TPSA) is 67.3 Å². The average Bonchev–Trinajstić information content (AvgIpc) is 3.20. The van der Waals surface area contributed by atoms with E-state index < -0.39 is 24.3 Å². The SMILES string of the molecule is CC(C)(C)OC(=O)N1CCC2(CCNCC2)C1c1ncnc2sc(CC(F)(F)F)cc12. The van der Waals surface area contributed by atoms with Crippen LogP contribution < -0.4 is 5.32 Å². The van der Waals surface area contributed by atoms with Crippen molar-refractivity contribution in [2.45, 2.75) is 64.3 Å². The zero-order chi connectivity index (χ0) is 22.4. The van der Waals surface area contributed by atoms with Crippen molar-refractivity contribution in [2.75, 3.05) is 19.6 Å². The molecule has 1 unspecified atom stereocenters. The van der Waals surface area contributed by atoms with Crippen molar-refractivity contribution in [2.24, 2.45) is 5.41 Å². The number of fused-ring (bicyclic) bond motifs is 1. The van der Waals surface area contributed by atoms with Gasteiger partial charge in [-0.3, -0.25) is 4.90 Å². The zero-order valence-electron chi connectivity index (χ0n) is 17.9. The highest BCUT2D eigenvalue weighted by molar-refractivity contribution is 7.18. The smallest absolute Gasteiger partial charge is 0.410 e. The third kappa shape index (κ3) is 4.64. The summed E-state index contributed by atoms with van der Waals surface area (Å²) in [5.41, 5.74) is -0.204. The van der Waals surface area contributed by atoms with Crippen molar-refractivity contribution in [3.05, 3.63) is 23.0 Å². The molecule has 0 aliphatic carbocycles. The van der Waals surface area contributed by atoms with E-state index in [9.17, 15) is 18.0 Å². The van der Waals surface area contributed by atoms with Gasteiger partial charge in [0, 0.05) is 22.2 Å². The molecule has 2 aliphatic heterocycles. The lowest BCUT2D eigenvalue weighted by Crippen LogP contribution is -2.44. The summed E-state index contributed by atoms with van der Waals surface area (Å²) in [5.74, 6) is 0. The number of rotatable bonds is 2. The Morgan fingerprint density at radius 3 is 2.61 bits per heavy atom. The molecule has 6 nitrogen and oxygen atoms in total. The van der Waals surface area contributed by atoms with E-state index in [1.54, 1.807) is 11.0 Å². The van der Waals surface area contributed by atoms with Gasteiger partial charge in [-0.25, -0.2) is 14.8 Å². The third-order valence-corrected chi connectivity index (χ3v) is 7.06. The minimum absolute atomic E-state index is 0.185. The molecule has 170 valence electrons. The fourth-order valence-electron chi connectivity index (χ4n) is 4.77. The molecule has 31 heavy (non-hydrogen) atoms. The Balaban J connectivity index is 1.78. The van der Waals surface area contributed by atoms with Crippen LogP contribution in [-0.4, -0.2) is 52.4 Å². The molecule has 0 saturated carbocycles. The number of piperidine rings is 1. The maximum atomic E-state index is 13.1. The fraction of sp³-hybridized carbons (Fsp3) is 0.667. The van der Waals surface area contributed by atoms with E-state index in [1.807, 2.05) is 20.8 Å². The number of amides is 1. The molecule has 10 heteroatoms. The van der Waals surface area contributed by atoms with Gasteiger partial charge in [0.2, 0.25) is 0 Å². The summed E-state index contributed by atoms with van der Waals surface area (Å²) in [6.07, 6.45) is -1.77. The predicted molar refractivity (Wildman–Crippen MR) is 112 cm³/mol. The van der Waals surface area contributed by atoms with Gasteiger partial charge >= 0.3 is 12.3 Å². The Bertz CT molecular complexity index is 964. The normalized spacial score (nSPS) is 21.7. The molecule has 0 radical (unpaired) electrons. The number of ether oxygens (including phenoxy) is 1. The van der Waals surface area contributed by atoms with Crippen LogP contribution in [0.3, 0.4) is 0 Å². The van der Waals surface area contributed by atoms with Crippen LogP contribution in [0.1, 0.15) is 56.6 Å². The van der Waals surface area contributed by atoms with Gasteiger partial charge in [0.05, 0.1) is 18.2 Å². The minimum atomic E-state index is -4.29. The van der Waals surface area contributed by atoms with Crippen LogP contribution in [0, 0.1) is 5.41 Å². The molecular formula is C21H27F3N4O2S. The van der Waals surface area contributed by atoms with Crippen LogP contribution in [-0.2, 0) is 11.2 Å². The first-order valence-electron chi connectivity index (χ1n) is 10.5. The van der Waals surface area contributed by atoms with E-state index >= 15 is 0 Å². The number of carbonyl (C=O) groups excluding carboxylic acids is 1. The van der Waals surface area contributed by atoms with Crippen molar-refractivity contribution in [3.63, 3.8) is 0 Å². The van der Waals surface area contributed by atoms with Crippen molar-refractivity contribution in [1.29, 1.82) is 0 Å². The van der Waals surface area contributed by atoms with Gasteiger partial charge < -0.3 is 10.1 Å². The summed E-state index contributed by atoms with van der Waals surface area (Å²) in [5, 5.41) is 3.97. The minimum Gasteiger partial charge on any atom is -0.444 e. The maximum Gasteiger partial charge on any atom is 0.410 e. The maximum absolute atomic E-state index is 13.1. The molecule has 0 bridgehead atoms. The predicted octanol–water partition coefficient (Wildman–Crippen LogP) is 4.85. The van der Waals surface area contributed by atoms with Gasteiger partial charge in [0.25, 0.3) is 0 Å². The van der Waals surface area contributed by atoms with E-state index in [1.165, 1.54) is 6.33 Å². The Labute approximate surface area is 183 Å². The van der Waals surface area contributed by atoms with Crippen molar-refractivity contribution in [1.82, 2.24) is 20.2 Å². The Morgan fingerprint density at radius 2 is 1.97 bits per heavy atom. The van der Waals surface area contributed by atoms with Crippen molar-refractivity contribution < 1.29 is 22.7 Å². The molecule has 4 heterocycles. The van der Waals surface area contributed by atoms with Gasteiger partial charge in [-0.2, -0.15) is 13.2 Å². The van der Waals surface area contributed by atoms with E-state index in [2.05, 4.69) is 15.3 Å². The average molecular weight is 457 g/mol. The van der Waals surface area contributed by atoms with E-state index in [0.29, 0.717) is 22.5 Å². The molecule has 1 spiro atoms. The van der Waals surface area contributed by atoms with Crippen LogP contribution in [0.4, 0.5) is 18.0 Å². The lowest BCUT2D eigenvalue weighted by molar-refractivity contribution is -0.126. The molecule has 1 atom stereocenters. The number of carbonyl (C=O) groups is 1. The van der Waals surface area contributed by atoms with Gasteiger partial charge in [-0.05, 0) is 59.2 Å². The van der Waals surface area contributed by atoms with Crippen LogP contribution in [0.5, 0.6) is 0 Å². The molecule has 2 aliphatic rings. The van der Waals surface area contributed by atoms with Gasteiger partial charge in [0.1, 0.15) is 16.8 Å². The second kappa shape index (κ2) is 7.88. The first kappa shape index (κ1) is 22.3. The Morgan fingerprint density at radius 1 is 1.26 bits per heavy atom. The monoisotopic (exact) mass is 456 g/mol. The molecule has 2 aromatic heterocycles. The number of hydrogen-bond donors (Lipinski definition) is 1. The molecule has 0 aromatic carbocycles. The van der Waals surface area contributed by atoms with Crippen LogP contribution in [0.15, 0.2) is 12.4 Å². The van der Waals surface area contributed by atoms with E-state index in [0.717, 1.165) is 43.7 Å². The van der Waals surface area contributed by atoms with Crippen LogP contribution in [0.25, 0.3) is 10.2 Å². The number of alkyl halides is 3. The Kier molecular flexibility index (Phi) is 5.66. The quantitative estimate of drug-likeness (QED) is 0.700. The number of halogens is 3. The highest BCUT2D eigenvalue weighted by Gasteiger charge is 2.52. The number of nitrogens with one attached hydrogen (secondary N) is 1. The first-order chi connectivity index (χ1) is 14.5. The van der Waals surface area contributed by atoms with E-state index in [4.69, 9.17) is 4.74 Å². The number of hydrogen-bond acceptors (Lipinski definition) is 6. The molecule has 4 rings (SSSR count). The molecule has 2 fully saturated rings. The zero-order valence-corrected chi connectivity index (χ0v) is 18.7. The lowest BCUT2D eigenvalue weighted by Gasteiger charge is -2.41. The number of nitrogens with zero attached hydrogens (tertiary/aromatic N) is 3. The molecule has 1 N–H and O–H groups in total. The first-order valence-corrected chi connectivity index (χ1v) is 11.3. The molecule has 2 aromatic rings. The van der Waals surface area contributed by atoms with E-state index in [-0.39, 0.29) is 16.3 Å². The largest absolute Gasteiger partial charge is 0.444 e. The van der Waals surface area contributed by atoms with Crippen molar-refractivity contribution in [3.8, 4) is 0 Å². The summed E-state index contributed by atoms with van der Waals surface area (Å²) >= 11 is 1.03. The van der Waals surface area contributed by atoms with Gasteiger partial charge in [-0.15, -0.1) is 11.3 Å². The molecule has 2 saturated heterocycles. The van der Waals surface area contributed by atoms with Crippen molar-refractivity contribution >= 4 is 27.6 Å². The second-order valence-corrected chi connectivity index (χ2v) is 10.5.